The summed E-state index contributed by atoms with van der Waals surface area (Å²) in [7, 11) is 1.59. The summed E-state index contributed by atoms with van der Waals surface area (Å²) < 4.78 is 10.1. The Labute approximate surface area is 117 Å². The number of urea groups is 1. The first-order valence-electron chi connectivity index (χ1n) is 6.58. The lowest BCUT2D eigenvalue weighted by Crippen LogP contribution is -2.46. The molecule has 0 bridgehead atoms. The second-order valence-electron chi connectivity index (χ2n) is 4.59. The van der Waals surface area contributed by atoms with Gasteiger partial charge in [-0.05, 0) is 6.42 Å². The number of hydrogen-bond acceptors (Lipinski definition) is 5. The number of methoxy groups -OCH3 is 1. The summed E-state index contributed by atoms with van der Waals surface area (Å²) in [5, 5.41) is 21.0. The molecule has 1 fully saturated rings. The lowest BCUT2D eigenvalue weighted by Gasteiger charge is -2.21. The van der Waals surface area contributed by atoms with Gasteiger partial charge in [-0.3, -0.25) is 0 Å². The van der Waals surface area contributed by atoms with Crippen molar-refractivity contribution >= 4 is 12.0 Å². The van der Waals surface area contributed by atoms with E-state index < -0.39 is 24.1 Å². The van der Waals surface area contributed by atoms with Crippen LogP contribution in [0, 0.1) is 0 Å². The topological polar surface area (TPSA) is 108 Å². The summed E-state index contributed by atoms with van der Waals surface area (Å²) in [6, 6.07) is -1.42. The van der Waals surface area contributed by atoms with Crippen LogP contribution in [0.5, 0.6) is 0 Å². The Morgan fingerprint density at radius 2 is 2.10 bits per heavy atom. The number of carboxylic acid groups (broad SMARTS) is 1. The highest BCUT2D eigenvalue weighted by atomic mass is 16.5. The number of carbonyl (C=O) groups excluding carboxylic acids is 1. The van der Waals surface area contributed by atoms with E-state index in [1.165, 1.54) is 0 Å². The number of aliphatic hydroxyl groups excluding tert-OH is 1. The van der Waals surface area contributed by atoms with Crippen LogP contribution in [0.2, 0.25) is 0 Å². The SMILES string of the molecule is COCCOCCCNC(=O)N1CC(O)CC1C(=O)O. The van der Waals surface area contributed by atoms with Gasteiger partial charge in [-0.25, -0.2) is 9.59 Å². The molecule has 0 aromatic heterocycles. The molecule has 0 saturated carbocycles. The van der Waals surface area contributed by atoms with Crippen LogP contribution < -0.4 is 5.32 Å². The van der Waals surface area contributed by atoms with Crippen molar-refractivity contribution in [3.05, 3.63) is 0 Å². The quantitative estimate of drug-likeness (QED) is 0.509. The Bertz CT molecular complexity index is 325. The largest absolute Gasteiger partial charge is 0.480 e. The summed E-state index contributed by atoms with van der Waals surface area (Å²) in [5.41, 5.74) is 0. The number of ether oxygens (including phenoxy) is 2. The van der Waals surface area contributed by atoms with Crippen molar-refractivity contribution in [2.75, 3.05) is 40.0 Å². The highest BCUT2D eigenvalue weighted by Crippen LogP contribution is 2.17. The molecule has 0 aromatic carbocycles. The van der Waals surface area contributed by atoms with E-state index in [-0.39, 0.29) is 13.0 Å². The number of nitrogens with zero attached hydrogens (tertiary/aromatic N) is 1. The van der Waals surface area contributed by atoms with Crippen LogP contribution in [0.3, 0.4) is 0 Å². The van der Waals surface area contributed by atoms with Crippen LogP contribution in [-0.4, -0.2) is 79.3 Å². The molecule has 116 valence electrons. The zero-order chi connectivity index (χ0) is 15.0. The third-order valence-corrected chi connectivity index (χ3v) is 3.00. The smallest absolute Gasteiger partial charge is 0.326 e. The Morgan fingerprint density at radius 1 is 1.35 bits per heavy atom. The average molecular weight is 290 g/mol. The number of carboxylic acids is 1. The number of hydrogen-bond donors (Lipinski definition) is 3. The maximum Gasteiger partial charge on any atom is 0.326 e. The third-order valence-electron chi connectivity index (χ3n) is 3.00. The van der Waals surface area contributed by atoms with Gasteiger partial charge in [0, 0.05) is 33.2 Å². The van der Waals surface area contributed by atoms with Gasteiger partial charge in [0.05, 0.1) is 19.3 Å². The second-order valence-corrected chi connectivity index (χ2v) is 4.59. The molecule has 8 nitrogen and oxygen atoms in total. The number of aliphatic carboxylic acids is 1. The van der Waals surface area contributed by atoms with Crippen molar-refractivity contribution in [2.45, 2.75) is 25.0 Å². The Balaban J connectivity index is 2.20. The molecular formula is C12H22N2O6. The number of amides is 2. The predicted octanol–water partition coefficient (Wildman–Crippen LogP) is -0.731. The van der Waals surface area contributed by atoms with E-state index in [1.807, 2.05) is 0 Å². The predicted molar refractivity (Wildman–Crippen MR) is 69.5 cm³/mol. The number of nitrogens with one attached hydrogen (secondary N) is 1. The van der Waals surface area contributed by atoms with Gasteiger partial charge < -0.3 is 29.9 Å². The molecular weight excluding hydrogens is 268 g/mol. The van der Waals surface area contributed by atoms with Crippen LogP contribution in [-0.2, 0) is 14.3 Å². The molecule has 3 N–H and O–H groups in total. The van der Waals surface area contributed by atoms with Crippen molar-refractivity contribution < 1.29 is 29.3 Å². The maximum absolute atomic E-state index is 11.8. The molecule has 1 aliphatic rings. The minimum Gasteiger partial charge on any atom is -0.480 e. The first-order valence-corrected chi connectivity index (χ1v) is 6.58. The summed E-state index contributed by atoms with van der Waals surface area (Å²) in [4.78, 5) is 23.9. The number of β-amino-alcohol motifs (C(OH)–C–C–N with tert-alkyl or cyclic N) is 1. The van der Waals surface area contributed by atoms with Crippen molar-refractivity contribution in [3.63, 3.8) is 0 Å². The first-order chi connectivity index (χ1) is 9.56. The van der Waals surface area contributed by atoms with Crippen molar-refractivity contribution in [1.82, 2.24) is 10.2 Å². The van der Waals surface area contributed by atoms with Gasteiger partial charge in [-0.1, -0.05) is 0 Å². The number of rotatable bonds is 8. The molecule has 1 saturated heterocycles. The molecule has 0 radical (unpaired) electrons. The standard InChI is InChI=1S/C12H22N2O6/c1-19-5-6-20-4-2-3-13-12(18)14-8-9(15)7-10(14)11(16)17/h9-10,15H,2-8H2,1H3,(H,13,18)(H,16,17). The normalized spacial score (nSPS) is 22.0. The van der Waals surface area contributed by atoms with Gasteiger partial charge in [0.2, 0.25) is 0 Å². The third kappa shape index (κ3) is 5.32. The Kier molecular flexibility index (Phi) is 7.27. The molecule has 1 aliphatic heterocycles. The average Bonchev–Trinajstić information content (AvgIpc) is 2.80. The minimum absolute atomic E-state index is 0.0487. The van der Waals surface area contributed by atoms with E-state index in [0.29, 0.717) is 32.8 Å². The van der Waals surface area contributed by atoms with E-state index in [4.69, 9.17) is 14.6 Å². The van der Waals surface area contributed by atoms with Crippen LogP contribution >= 0.6 is 0 Å². The molecule has 0 aliphatic carbocycles. The van der Waals surface area contributed by atoms with Crippen molar-refractivity contribution in [1.29, 1.82) is 0 Å². The van der Waals surface area contributed by atoms with Crippen LogP contribution in [0.1, 0.15) is 12.8 Å². The van der Waals surface area contributed by atoms with E-state index >= 15 is 0 Å². The number of aliphatic hydroxyl groups is 1. The fourth-order valence-corrected chi connectivity index (χ4v) is 1.99. The molecule has 1 rings (SSSR count). The highest BCUT2D eigenvalue weighted by molar-refractivity contribution is 5.83. The highest BCUT2D eigenvalue weighted by Gasteiger charge is 2.38. The Morgan fingerprint density at radius 3 is 2.75 bits per heavy atom. The van der Waals surface area contributed by atoms with Gasteiger partial charge in [0.25, 0.3) is 0 Å². The molecule has 2 amide bonds. The van der Waals surface area contributed by atoms with Crippen LogP contribution in [0.25, 0.3) is 0 Å². The lowest BCUT2D eigenvalue weighted by molar-refractivity contribution is -0.141. The molecule has 0 spiro atoms. The summed E-state index contributed by atoms with van der Waals surface area (Å²) in [6.45, 7) is 1.97. The monoisotopic (exact) mass is 290 g/mol. The number of carbonyl (C=O) groups is 2. The van der Waals surface area contributed by atoms with Crippen LogP contribution in [0.4, 0.5) is 4.79 Å². The van der Waals surface area contributed by atoms with Crippen LogP contribution in [0.15, 0.2) is 0 Å². The molecule has 0 aromatic rings. The molecule has 2 atom stereocenters. The van der Waals surface area contributed by atoms with E-state index in [1.54, 1.807) is 7.11 Å². The molecule has 20 heavy (non-hydrogen) atoms. The fraction of sp³-hybridized carbons (Fsp3) is 0.833. The second kappa shape index (κ2) is 8.72. The van der Waals surface area contributed by atoms with E-state index in [9.17, 15) is 14.7 Å². The summed E-state index contributed by atoms with van der Waals surface area (Å²) >= 11 is 0. The van der Waals surface area contributed by atoms with Gasteiger partial charge in [-0.2, -0.15) is 0 Å². The maximum atomic E-state index is 11.8. The minimum atomic E-state index is -1.10. The molecule has 8 heteroatoms. The Hall–Kier alpha value is -1.38. The molecule has 2 unspecified atom stereocenters. The first kappa shape index (κ1) is 16.7. The lowest BCUT2D eigenvalue weighted by atomic mass is 10.2. The van der Waals surface area contributed by atoms with E-state index in [2.05, 4.69) is 5.32 Å². The van der Waals surface area contributed by atoms with E-state index in [0.717, 1.165) is 4.90 Å². The van der Waals surface area contributed by atoms with Crippen molar-refractivity contribution in [2.24, 2.45) is 0 Å². The zero-order valence-electron chi connectivity index (χ0n) is 11.6. The fourth-order valence-electron chi connectivity index (χ4n) is 1.99. The summed E-state index contributed by atoms with van der Waals surface area (Å²) in [6.07, 6.45) is -0.0776. The van der Waals surface area contributed by atoms with Gasteiger partial charge in [0.15, 0.2) is 0 Å². The van der Waals surface area contributed by atoms with Gasteiger partial charge >= 0.3 is 12.0 Å². The van der Waals surface area contributed by atoms with Gasteiger partial charge in [0.1, 0.15) is 6.04 Å². The number of likely N-dealkylation sites (tertiary alicyclic amines) is 1. The van der Waals surface area contributed by atoms with Crippen molar-refractivity contribution in [3.8, 4) is 0 Å². The molecule has 1 heterocycles. The zero-order valence-corrected chi connectivity index (χ0v) is 11.6. The van der Waals surface area contributed by atoms with Gasteiger partial charge in [-0.15, -0.1) is 0 Å². The summed E-state index contributed by atoms with van der Waals surface area (Å²) in [5.74, 6) is -1.10.